The van der Waals surface area contributed by atoms with Crippen molar-refractivity contribution in [3.8, 4) is 0 Å². The minimum atomic E-state index is -3.58. The van der Waals surface area contributed by atoms with E-state index >= 15 is 0 Å². The van der Waals surface area contributed by atoms with Gasteiger partial charge in [0.1, 0.15) is 0 Å². The predicted octanol–water partition coefficient (Wildman–Crippen LogP) is -0.642. The molecule has 0 saturated carbocycles. The van der Waals surface area contributed by atoms with Crippen molar-refractivity contribution in [3.05, 3.63) is 0 Å². The summed E-state index contributed by atoms with van der Waals surface area (Å²) in [5.74, 6) is -1.01. The first kappa shape index (κ1) is 14.4. The smallest absolute Gasteiger partial charge is 0.304 e. The summed E-state index contributed by atoms with van der Waals surface area (Å²) < 4.78 is 31.8. The summed E-state index contributed by atoms with van der Waals surface area (Å²) in [6, 6.07) is -0.221. The van der Waals surface area contributed by atoms with Gasteiger partial charge >= 0.3 is 5.97 Å². The lowest BCUT2D eigenvalue weighted by atomic mass is 10.3. The third-order valence-electron chi connectivity index (χ3n) is 2.64. The Bertz CT molecular complexity index is 370. The maximum atomic E-state index is 12.1. The molecule has 1 aliphatic rings. The van der Waals surface area contributed by atoms with E-state index in [1.807, 2.05) is 0 Å². The minimum Gasteiger partial charge on any atom is -0.481 e. The molecule has 1 fully saturated rings. The highest BCUT2D eigenvalue weighted by atomic mass is 32.2. The van der Waals surface area contributed by atoms with Gasteiger partial charge in [-0.2, -0.15) is 17.0 Å². The molecule has 0 aromatic heterocycles. The molecule has 0 unspecified atom stereocenters. The second-order valence-corrected chi connectivity index (χ2v) is 6.00. The Morgan fingerprint density at radius 1 is 1.59 bits per heavy atom. The van der Waals surface area contributed by atoms with Crippen LogP contribution in [0, 0.1) is 0 Å². The molecular formula is C9H18N2O5S. The summed E-state index contributed by atoms with van der Waals surface area (Å²) in [5, 5.41) is 8.54. The van der Waals surface area contributed by atoms with Crippen LogP contribution in [0.3, 0.4) is 0 Å². The number of aliphatic carboxylic acids is 1. The van der Waals surface area contributed by atoms with Gasteiger partial charge in [-0.3, -0.25) is 4.79 Å². The number of carboxylic acids is 1. The van der Waals surface area contributed by atoms with Crippen LogP contribution < -0.4 is 0 Å². The standard InChI is InChI=1S/C9H18N2O5S/c1-8-7-16-6-5-11(8)17(14,15)10(2)4-3-9(12)13/h8H,3-7H2,1-2H3,(H,12,13)/t8-/m1/s1. The molecule has 1 saturated heterocycles. The van der Waals surface area contributed by atoms with Crippen molar-refractivity contribution < 1.29 is 23.1 Å². The number of hydrogen-bond donors (Lipinski definition) is 1. The van der Waals surface area contributed by atoms with E-state index in [0.717, 1.165) is 4.31 Å². The molecule has 0 amide bonds. The lowest BCUT2D eigenvalue weighted by molar-refractivity contribution is -0.137. The highest BCUT2D eigenvalue weighted by Gasteiger charge is 2.33. The number of morpholine rings is 1. The summed E-state index contributed by atoms with van der Waals surface area (Å²) in [6.07, 6.45) is -0.200. The van der Waals surface area contributed by atoms with Crippen molar-refractivity contribution in [2.45, 2.75) is 19.4 Å². The second-order valence-electron chi connectivity index (χ2n) is 4.01. The summed E-state index contributed by atoms with van der Waals surface area (Å²) in [6.45, 7) is 2.78. The fourth-order valence-electron chi connectivity index (χ4n) is 1.60. The molecule has 8 heteroatoms. The zero-order valence-corrected chi connectivity index (χ0v) is 10.8. The van der Waals surface area contributed by atoms with Gasteiger partial charge in [0, 0.05) is 26.2 Å². The molecule has 0 aromatic carbocycles. The van der Waals surface area contributed by atoms with Gasteiger partial charge in [-0.15, -0.1) is 0 Å². The van der Waals surface area contributed by atoms with Gasteiger partial charge in [0.15, 0.2) is 0 Å². The van der Waals surface area contributed by atoms with Crippen molar-refractivity contribution >= 4 is 16.2 Å². The zero-order chi connectivity index (χ0) is 13.1. The number of nitrogens with zero attached hydrogens (tertiary/aromatic N) is 2. The Morgan fingerprint density at radius 3 is 2.76 bits per heavy atom. The Labute approximate surface area is 101 Å². The molecule has 100 valence electrons. The van der Waals surface area contributed by atoms with Crippen LogP contribution in [-0.2, 0) is 19.7 Å². The van der Waals surface area contributed by atoms with Gasteiger partial charge in [0.25, 0.3) is 10.2 Å². The average Bonchev–Trinajstić information content (AvgIpc) is 2.26. The second kappa shape index (κ2) is 5.76. The molecule has 1 atom stereocenters. The SMILES string of the molecule is C[C@@H]1COCCN1S(=O)(=O)N(C)CCC(=O)O. The maximum absolute atomic E-state index is 12.1. The van der Waals surface area contributed by atoms with E-state index in [-0.39, 0.29) is 19.0 Å². The average molecular weight is 266 g/mol. The Balaban J connectivity index is 2.68. The largest absolute Gasteiger partial charge is 0.481 e. The molecule has 0 spiro atoms. The van der Waals surface area contributed by atoms with Crippen molar-refractivity contribution in [1.29, 1.82) is 0 Å². The zero-order valence-electron chi connectivity index (χ0n) is 10.00. The number of carboxylic acid groups (broad SMARTS) is 1. The van der Waals surface area contributed by atoms with Gasteiger partial charge in [-0.25, -0.2) is 0 Å². The van der Waals surface area contributed by atoms with Crippen LogP contribution in [0.15, 0.2) is 0 Å². The van der Waals surface area contributed by atoms with Gasteiger partial charge in [0.2, 0.25) is 0 Å². The highest BCUT2D eigenvalue weighted by Crippen LogP contribution is 2.14. The summed E-state index contributed by atoms with van der Waals surface area (Å²) in [7, 11) is -2.19. The highest BCUT2D eigenvalue weighted by molar-refractivity contribution is 7.86. The first-order chi connectivity index (χ1) is 7.85. The molecule has 1 heterocycles. The summed E-state index contributed by atoms with van der Waals surface area (Å²) in [5.41, 5.74) is 0. The molecule has 7 nitrogen and oxygen atoms in total. The molecule has 1 aliphatic heterocycles. The van der Waals surface area contributed by atoms with Crippen LogP contribution in [0.25, 0.3) is 0 Å². The van der Waals surface area contributed by atoms with Crippen molar-refractivity contribution in [2.24, 2.45) is 0 Å². The van der Waals surface area contributed by atoms with Crippen LogP contribution in [0.4, 0.5) is 0 Å². The Hall–Kier alpha value is -0.700. The quantitative estimate of drug-likeness (QED) is 0.715. The van der Waals surface area contributed by atoms with Gasteiger partial charge in [0.05, 0.1) is 19.6 Å². The van der Waals surface area contributed by atoms with Crippen molar-refractivity contribution in [1.82, 2.24) is 8.61 Å². The Kier molecular flexibility index (Phi) is 4.87. The summed E-state index contributed by atoms with van der Waals surface area (Å²) in [4.78, 5) is 10.4. The van der Waals surface area contributed by atoms with Crippen molar-refractivity contribution in [2.75, 3.05) is 33.4 Å². The van der Waals surface area contributed by atoms with E-state index in [1.165, 1.54) is 11.4 Å². The van der Waals surface area contributed by atoms with Crippen LogP contribution in [0.1, 0.15) is 13.3 Å². The Morgan fingerprint density at radius 2 is 2.24 bits per heavy atom. The normalized spacial score (nSPS) is 22.9. The number of ether oxygens (including phenoxy) is 1. The first-order valence-electron chi connectivity index (χ1n) is 5.38. The van der Waals surface area contributed by atoms with Crippen LogP contribution in [0.2, 0.25) is 0 Å². The van der Waals surface area contributed by atoms with E-state index in [9.17, 15) is 13.2 Å². The topological polar surface area (TPSA) is 87.2 Å². The van der Waals surface area contributed by atoms with Crippen LogP contribution >= 0.6 is 0 Å². The molecule has 1 N–H and O–H groups in total. The van der Waals surface area contributed by atoms with Gasteiger partial charge in [-0.1, -0.05) is 0 Å². The van der Waals surface area contributed by atoms with Gasteiger partial charge in [-0.05, 0) is 6.92 Å². The molecule has 0 bridgehead atoms. The fourth-order valence-corrected chi connectivity index (χ4v) is 3.10. The van der Waals surface area contributed by atoms with E-state index in [1.54, 1.807) is 6.92 Å². The van der Waals surface area contributed by atoms with E-state index in [0.29, 0.717) is 19.8 Å². The maximum Gasteiger partial charge on any atom is 0.304 e. The predicted molar refractivity (Wildman–Crippen MR) is 60.8 cm³/mol. The fraction of sp³-hybridized carbons (Fsp3) is 0.889. The molecule has 0 aromatic rings. The lowest BCUT2D eigenvalue weighted by Gasteiger charge is -2.34. The molecule has 0 radical (unpaired) electrons. The first-order valence-corrected chi connectivity index (χ1v) is 6.78. The third kappa shape index (κ3) is 3.63. The van der Waals surface area contributed by atoms with Crippen LogP contribution in [0.5, 0.6) is 0 Å². The molecule has 1 rings (SSSR count). The number of carbonyl (C=O) groups is 1. The lowest BCUT2D eigenvalue weighted by Crippen LogP contribution is -2.52. The summed E-state index contributed by atoms with van der Waals surface area (Å²) >= 11 is 0. The van der Waals surface area contributed by atoms with Crippen molar-refractivity contribution in [3.63, 3.8) is 0 Å². The third-order valence-corrected chi connectivity index (χ3v) is 4.74. The minimum absolute atomic E-state index is 0.0260. The van der Waals surface area contributed by atoms with Gasteiger partial charge < -0.3 is 9.84 Å². The molecular weight excluding hydrogens is 248 g/mol. The monoisotopic (exact) mass is 266 g/mol. The number of rotatable bonds is 5. The molecule has 17 heavy (non-hydrogen) atoms. The van der Waals surface area contributed by atoms with E-state index < -0.39 is 16.2 Å². The van der Waals surface area contributed by atoms with E-state index in [2.05, 4.69) is 0 Å². The van der Waals surface area contributed by atoms with Crippen LogP contribution in [-0.4, -0.2) is 67.5 Å². The molecule has 0 aliphatic carbocycles. The van der Waals surface area contributed by atoms with E-state index in [4.69, 9.17) is 9.84 Å². The number of hydrogen-bond acceptors (Lipinski definition) is 4.